The number of carbonyl (C=O) groups is 2. The summed E-state index contributed by atoms with van der Waals surface area (Å²) >= 11 is 0. The molecule has 1 saturated carbocycles. The summed E-state index contributed by atoms with van der Waals surface area (Å²) in [6.45, 7) is 1.46. The predicted molar refractivity (Wildman–Crippen MR) is 107 cm³/mol. The number of fused-ring (bicyclic) bond motifs is 1. The van der Waals surface area contributed by atoms with Gasteiger partial charge < -0.3 is 20.1 Å². The topological polar surface area (TPSA) is 76.7 Å². The van der Waals surface area contributed by atoms with Crippen molar-refractivity contribution in [3.05, 3.63) is 54.1 Å². The van der Waals surface area contributed by atoms with Crippen LogP contribution < -0.4 is 20.1 Å². The van der Waals surface area contributed by atoms with Gasteiger partial charge in [0.25, 0.3) is 5.79 Å². The van der Waals surface area contributed by atoms with Crippen LogP contribution in [0.4, 0.5) is 11.4 Å². The fourth-order valence-electron chi connectivity index (χ4n) is 3.53. The van der Waals surface area contributed by atoms with Gasteiger partial charge in [-0.1, -0.05) is 12.1 Å². The highest BCUT2D eigenvalue weighted by Crippen LogP contribution is 2.47. The summed E-state index contributed by atoms with van der Waals surface area (Å²) in [5.41, 5.74) is 2.24. The summed E-state index contributed by atoms with van der Waals surface area (Å²) < 4.78 is 12.0. The van der Waals surface area contributed by atoms with Gasteiger partial charge in [-0.15, -0.1) is 0 Å². The standard InChI is InChI=1S/C22H22N2O4/c1-15(25)23-17-7-4-16(5-8-17)6-11-21(26)24-18-9-10-19-20(14-18)28-22(27-19)12-2-3-13-22/h4-11,14H,2-3,12-13H2,1H3,(H,23,25)(H,24,26)/b11-6+. The van der Waals surface area contributed by atoms with Gasteiger partial charge in [-0.05, 0) is 48.7 Å². The molecule has 2 amide bonds. The average Bonchev–Trinajstić information content (AvgIpc) is 3.26. The molecule has 2 aromatic rings. The molecular formula is C22H22N2O4. The van der Waals surface area contributed by atoms with E-state index in [0.29, 0.717) is 11.4 Å². The zero-order chi connectivity index (χ0) is 19.6. The Bertz CT molecular complexity index is 928. The van der Waals surface area contributed by atoms with E-state index in [1.807, 2.05) is 24.3 Å². The first-order valence-corrected chi connectivity index (χ1v) is 9.40. The lowest BCUT2D eigenvalue weighted by Crippen LogP contribution is -2.34. The van der Waals surface area contributed by atoms with Crippen molar-refractivity contribution in [1.29, 1.82) is 0 Å². The molecule has 1 aliphatic carbocycles. The fraction of sp³-hybridized carbons (Fsp3) is 0.273. The predicted octanol–water partition coefficient (Wildman–Crippen LogP) is 4.34. The van der Waals surface area contributed by atoms with E-state index in [-0.39, 0.29) is 11.8 Å². The van der Waals surface area contributed by atoms with Gasteiger partial charge in [-0.25, -0.2) is 0 Å². The Labute approximate surface area is 163 Å². The molecule has 1 spiro atoms. The number of rotatable bonds is 4. The Balaban J connectivity index is 1.37. The summed E-state index contributed by atoms with van der Waals surface area (Å²) in [4.78, 5) is 23.3. The number of hydrogen-bond acceptors (Lipinski definition) is 4. The first-order valence-electron chi connectivity index (χ1n) is 9.40. The number of amides is 2. The van der Waals surface area contributed by atoms with E-state index < -0.39 is 5.79 Å². The molecule has 1 fully saturated rings. The Hall–Kier alpha value is -3.28. The Morgan fingerprint density at radius 1 is 0.929 bits per heavy atom. The van der Waals surface area contributed by atoms with Gasteiger partial charge in [0.1, 0.15) is 0 Å². The molecule has 1 aliphatic heterocycles. The number of ether oxygens (including phenoxy) is 2. The van der Waals surface area contributed by atoms with Crippen LogP contribution in [0, 0.1) is 0 Å². The number of hydrogen-bond donors (Lipinski definition) is 2. The summed E-state index contributed by atoms with van der Waals surface area (Å²) in [5, 5.41) is 5.54. The van der Waals surface area contributed by atoms with Gasteiger partial charge in [0.05, 0.1) is 0 Å². The summed E-state index contributed by atoms with van der Waals surface area (Å²) in [5.74, 6) is 0.548. The highest BCUT2D eigenvalue weighted by Gasteiger charge is 2.44. The third kappa shape index (κ3) is 4.01. The molecule has 1 heterocycles. The maximum absolute atomic E-state index is 12.2. The molecule has 4 rings (SSSR count). The second-order valence-electron chi connectivity index (χ2n) is 7.11. The summed E-state index contributed by atoms with van der Waals surface area (Å²) in [7, 11) is 0. The Morgan fingerprint density at radius 3 is 2.32 bits per heavy atom. The Kier molecular flexibility index (Phi) is 4.77. The van der Waals surface area contributed by atoms with Crippen molar-refractivity contribution in [2.45, 2.75) is 38.4 Å². The minimum Gasteiger partial charge on any atom is -0.448 e. The number of nitrogens with one attached hydrogen (secondary N) is 2. The molecule has 2 aliphatic rings. The fourth-order valence-corrected chi connectivity index (χ4v) is 3.53. The van der Waals surface area contributed by atoms with Gasteiger partial charge in [0.15, 0.2) is 11.5 Å². The molecule has 28 heavy (non-hydrogen) atoms. The first-order chi connectivity index (χ1) is 13.5. The average molecular weight is 378 g/mol. The van der Waals surface area contributed by atoms with Crippen molar-refractivity contribution in [1.82, 2.24) is 0 Å². The zero-order valence-electron chi connectivity index (χ0n) is 15.7. The lowest BCUT2D eigenvalue weighted by molar-refractivity contribution is -0.114. The number of benzene rings is 2. The van der Waals surface area contributed by atoms with E-state index in [1.54, 1.807) is 24.3 Å². The van der Waals surface area contributed by atoms with Crippen molar-refractivity contribution < 1.29 is 19.1 Å². The third-order valence-electron chi connectivity index (χ3n) is 4.83. The summed E-state index contributed by atoms with van der Waals surface area (Å²) in [6.07, 6.45) is 7.19. The van der Waals surface area contributed by atoms with E-state index in [0.717, 1.165) is 42.7 Å². The monoisotopic (exact) mass is 378 g/mol. The normalized spacial score (nSPS) is 16.5. The lowest BCUT2D eigenvalue weighted by atomic mass is 10.2. The SMILES string of the molecule is CC(=O)Nc1ccc(/C=C/C(=O)Nc2ccc3c(c2)OC2(CCCC2)O3)cc1. The van der Waals surface area contributed by atoms with Gasteiger partial charge >= 0.3 is 0 Å². The largest absolute Gasteiger partial charge is 0.448 e. The van der Waals surface area contributed by atoms with Crippen molar-refractivity contribution in [3.63, 3.8) is 0 Å². The maximum atomic E-state index is 12.2. The van der Waals surface area contributed by atoms with E-state index in [2.05, 4.69) is 10.6 Å². The molecule has 6 nitrogen and oxygen atoms in total. The van der Waals surface area contributed by atoms with Crippen molar-refractivity contribution in [2.24, 2.45) is 0 Å². The van der Waals surface area contributed by atoms with Crippen LogP contribution in [0.15, 0.2) is 48.5 Å². The van der Waals surface area contributed by atoms with Crippen molar-refractivity contribution in [3.8, 4) is 11.5 Å². The van der Waals surface area contributed by atoms with Gasteiger partial charge in [0.2, 0.25) is 11.8 Å². The molecule has 2 N–H and O–H groups in total. The van der Waals surface area contributed by atoms with E-state index in [9.17, 15) is 9.59 Å². The molecule has 0 aromatic heterocycles. The zero-order valence-corrected chi connectivity index (χ0v) is 15.7. The van der Waals surface area contributed by atoms with Crippen LogP contribution >= 0.6 is 0 Å². The van der Waals surface area contributed by atoms with Crippen LogP contribution in [0.2, 0.25) is 0 Å². The van der Waals surface area contributed by atoms with Crippen LogP contribution in [0.5, 0.6) is 11.5 Å². The van der Waals surface area contributed by atoms with Crippen LogP contribution in [-0.4, -0.2) is 17.6 Å². The second kappa shape index (κ2) is 7.38. The molecule has 0 bridgehead atoms. The van der Waals surface area contributed by atoms with Crippen molar-refractivity contribution >= 4 is 29.3 Å². The lowest BCUT2D eigenvalue weighted by Gasteiger charge is -2.21. The van der Waals surface area contributed by atoms with Gasteiger partial charge in [-0.3, -0.25) is 9.59 Å². The van der Waals surface area contributed by atoms with E-state index in [4.69, 9.17) is 9.47 Å². The van der Waals surface area contributed by atoms with Crippen LogP contribution in [0.1, 0.15) is 38.2 Å². The summed E-state index contributed by atoms with van der Waals surface area (Å²) in [6, 6.07) is 12.7. The molecule has 0 atom stereocenters. The maximum Gasteiger partial charge on any atom is 0.251 e. The van der Waals surface area contributed by atoms with Crippen molar-refractivity contribution in [2.75, 3.05) is 10.6 Å². The molecular weight excluding hydrogens is 356 g/mol. The van der Waals surface area contributed by atoms with Gasteiger partial charge in [-0.2, -0.15) is 0 Å². The molecule has 6 heteroatoms. The van der Waals surface area contributed by atoms with Crippen LogP contribution in [0.25, 0.3) is 6.08 Å². The van der Waals surface area contributed by atoms with Crippen LogP contribution in [0.3, 0.4) is 0 Å². The number of anilines is 2. The molecule has 2 aromatic carbocycles. The third-order valence-corrected chi connectivity index (χ3v) is 4.83. The van der Waals surface area contributed by atoms with E-state index >= 15 is 0 Å². The molecule has 0 unspecified atom stereocenters. The first kappa shape index (κ1) is 18.1. The molecule has 0 saturated heterocycles. The smallest absolute Gasteiger partial charge is 0.251 e. The minimum atomic E-state index is -0.506. The molecule has 0 radical (unpaired) electrons. The van der Waals surface area contributed by atoms with Crippen LogP contribution in [-0.2, 0) is 9.59 Å². The Morgan fingerprint density at radius 2 is 1.61 bits per heavy atom. The van der Waals surface area contributed by atoms with Gasteiger partial charge in [0, 0.05) is 43.3 Å². The minimum absolute atomic E-state index is 0.120. The van der Waals surface area contributed by atoms with E-state index in [1.165, 1.54) is 13.0 Å². The molecule has 144 valence electrons. The second-order valence-corrected chi connectivity index (χ2v) is 7.11. The highest BCUT2D eigenvalue weighted by atomic mass is 16.7. The quantitative estimate of drug-likeness (QED) is 0.776. The highest BCUT2D eigenvalue weighted by molar-refractivity contribution is 6.02. The number of carbonyl (C=O) groups excluding carboxylic acids is 2.